The van der Waals surface area contributed by atoms with Crippen LogP contribution in [0.25, 0.3) is 11.0 Å². The van der Waals surface area contributed by atoms with Gasteiger partial charge in [-0.2, -0.15) is 4.98 Å². The molecule has 34 heavy (non-hydrogen) atoms. The number of aromatic nitrogens is 4. The first-order valence-electron chi connectivity index (χ1n) is 13.0. The standard InChI is InChI=1S/C26H38N6OS/c1-3-4-18(2)29-26-28-14-23-24(16-32(25(23)30-26)20-5-7-21(33)8-6-20)19-9-11-31(12-10-19)15-22-13-27-17-34-22/h13-14,16-21,33H,3-12,15H2,1-2H3,(H,28,29,30)/t18-,20?,21?/m0/s1. The van der Waals surface area contributed by atoms with Crippen molar-refractivity contribution < 1.29 is 5.11 Å². The first kappa shape index (κ1) is 23.7. The van der Waals surface area contributed by atoms with E-state index < -0.39 is 0 Å². The van der Waals surface area contributed by atoms with Crippen molar-refractivity contribution in [1.82, 2.24) is 24.4 Å². The lowest BCUT2D eigenvalue weighted by Gasteiger charge is -2.31. The normalized spacial score (nSPS) is 23.4. The lowest BCUT2D eigenvalue weighted by molar-refractivity contribution is 0.111. The van der Waals surface area contributed by atoms with Crippen LogP contribution in [0.3, 0.4) is 0 Å². The van der Waals surface area contributed by atoms with E-state index in [-0.39, 0.29) is 6.10 Å². The van der Waals surface area contributed by atoms with E-state index in [1.807, 2.05) is 11.7 Å². The maximum Gasteiger partial charge on any atom is 0.224 e. The number of likely N-dealkylation sites (tertiary alicyclic amines) is 1. The van der Waals surface area contributed by atoms with Gasteiger partial charge in [-0.3, -0.25) is 9.88 Å². The summed E-state index contributed by atoms with van der Waals surface area (Å²) < 4.78 is 2.41. The Morgan fingerprint density at radius 1 is 1.15 bits per heavy atom. The highest BCUT2D eigenvalue weighted by Gasteiger charge is 2.28. The summed E-state index contributed by atoms with van der Waals surface area (Å²) in [6.45, 7) is 7.64. The summed E-state index contributed by atoms with van der Waals surface area (Å²) in [6, 6.07) is 0.764. The van der Waals surface area contributed by atoms with Gasteiger partial charge in [0.25, 0.3) is 0 Å². The smallest absolute Gasteiger partial charge is 0.224 e. The molecule has 1 saturated carbocycles. The van der Waals surface area contributed by atoms with E-state index in [2.05, 4.69) is 46.0 Å². The van der Waals surface area contributed by atoms with Crippen molar-refractivity contribution >= 4 is 28.3 Å². The van der Waals surface area contributed by atoms with Crippen molar-refractivity contribution in [3.8, 4) is 0 Å². The number of fused-ring (bicyclic) bond motifs is 1. The second-order valence-electron chi connectivity index (χ2n) is 10.2. The quantitative estimate of drug-likeness (QED) is 0.451. The molecule has 0 unspecified atom stereocenters. The van der Waals surface area contributed by atoms with Crippen LogP contribution >= 0.6 is 11.3 Å². The van der Waals surface area contributed by atoms with Gasteiger partial charge < -0.3 is 15.0 Å². The number of aliphatic hydroxyl groups is 1. The molecule has 1 atom stereocenters. The van der Waals surface area contributed by atoms with Gasteiger partial charge in [0.05, 0.1) is 11.6 Å². The molecule has 1 aliphatic carbocycles. The summed E-state index contributed by atoms with van der Waals surface area (Å²) in [5.41, 5.74) is 4.39. The van der Waals surface area contributed by atoms with Crippen LogP contribution in [0, 0.1) is 0 Å². The third-order valence-electron chi connectivity index (χ3n) is 7.65. The predicted molar refractivity (Wildman–Crippen MR) is 138 cm³/mol. The molecule has 4 heterocycles. The molecule has 184 valence electrons. The molecule has 1 aliphatic heterocycles. The van der Waals surface area contributed by atoms with Crippen LogP contribution in [0.4, 0.5) is 5.95 Å². The summed E-state index contributed by atoms with van der Waals surface area (Å²) in [7, 11) is 0. The molecule has 0 aromatic carbocycles. The number of thiazole rings is 1. The summed E-state index contributed by atoms with van der Waals surface area (Å²) in [5, 5.41) is 14.8. The topological polar surface area (TPSA) is 79.1 Å². The van der Waals surface area contributed by atoms with Gasteiger partial charge in [-0.15, -0.1) is 11.3 Å². The molecule has 0 bridgehead atoms. The predicted octanol–water partition coefficient (Wildman–Crippen LogP) is 5.34. The van der Waals surface area contributed by atoms with E-state index >= 15 is 0 Å². The molecule has 0 spiro atoms. The van der Waals surface area contributed by atoms with Crippen LogP contribution in [0.5, 0.6) is 0 Å². The number of piperidine rings is 1. The Morgan fingerprint density at radius 2 is 1.94 bits per heavy atom. The average Bonchev–Trinajstić information content (AvgIpc) is 3.48. The first-order valence-corrected chi connectivity index (χ1v) is 13.9. The highest BCUT2D eigenvalue weighted by Crippen LogP contribution is 2.38. The fraction of sp³-hybridized carbons (Fsp3) is 0.654. The van der Waals surface area contributed by atoms with Gasteiger partial charge in [0, 0.05) is 47.5 Å². The fourth-order valence-electron chi connectivity index (χ4n) is 5.73. The first-order chi connectivity index (χ1) is 16.6. The van der Waals surface area contributed by atoms with Crippen molar-refractivity contribution in [2.75, 3.05) is 18.4 Å². The van der Waals surface area contributed by atoms with Gasteiger partial charge in [0.1, 0.15) is 5.65 Å². The van der Waals surface area contributed by atoms with Crippen molar-refractivity contribution in [3.63, 3.8) is 0 Å². The Hall–Kier alpha value is -2.03. The second kappa shape index (κ2) is 10.7. The Kier molecular flexibility index (Phi) is 7.46. The Bertz CT molecular complexity index is 1050. The van der Waals surface area contributed by atoms with Crippen LogP contribution in [-0.4, -0.2) is 54.8 Å². The van der Waals surface area contributed by atoms with E-state index in [0.717, 1.165) is 82.6 Å². The molecule has 7 nitrogen and oxygen atoms in total. The van der Waals surface area contributed by atoms with Crippen molar-refractivity contribution in [3.05, 3.63) is 34.5 Å². The molecule has 2 fully saturated rings. The van der Waals surface area contributed by atoms with Gasteiger partial charge in [0.2, 0.25) is 5.95 Å². The van der Waals surface area contributed by atoms with Gasteiger partial charge in [-0.1, -0.05) is 13.3 Å². The van der Waals surface area contributed by atoms with Crippen molar-refractivity contribution in [2.45, 2.75) is 95.9 Å². The zero-order chi connectivity index (χ0) is 23.5. The molecular weight excluding hydrogens is 444 g/mol. The number of aliphatic hydroxyl groups excluding tert-OH is 1. The summed E-state index contributed by atoms with van der Waals surface area (Å²) in [4.78, 5) is 17.9. The Labute approximate surface area is 206 Å². The molecule has 3 aromatic heterocycles. The number of hydrogen-bond donors (Lipinski definition) is 2. The minimum absolute atomic E-state index is 0.151. The largest absolute Gasteiger partial charge is 0.393 e. The van der Waals surface area contributed by atoms with E-state index in [4.69, 9.17) is 9.97 Å². The zero-order valence-electron chi connectivity index (χ0n) is 20.5. The van der Waals surface area contributed by atoms with Crippen molar-refractivity contribution in [2.24, 2.45) is 0 Å². The van der Waals surface area contributed by atoms with Gasteiger partial charge in [-0.05, 0) is 76.4 Å². The molecule has 5 rings (SSSR count). The van der Waals surface area contributed by atoms with Gasteiger partial charge in [-0.25, -0.2) is 4.98 Å². The summed E-state index contributed by atoms with van der Waals surface area (Å²) in [6.07, 6.45) is 14.6. The third-order valence-corrected chi connectivity index (χ3v) is 8.41. The minimum Gasteiger partial charge on any atom is -0.393 e. The lowest BCUT2D eigenvalue weighted by Crippen LogP contribution is -2.32. The molecule has 2 aliphatic rings. The number of hydrogen-bond acceptors (Lipinski definition) is 7. The van der Waals surface area contributed by atoms with Gasteiger partial charge >= 0.3 is 0 Å². The van der Waals surface area contributed by atoms with Crippen LogP contribution in [0.15, 0.2) is 24.1 Å². The minimum atomic E-state index is -0.151. The molecule has 0 amide bonds. The molecule has 2 N–H and O–H groups in total. The average molecular weight is 483 g/mol. The summed E-state index contributed by atoms with van der Waals surface area (Å²) >= 11 is 1.75. The maximum atomic E-state index is 10.1. The second-order valence-corrected chi connectivity index (χ2v) is 11.2. The Morgan fingerprint density at radius 3 is 2.65 bits per heavy atom. The Balaban J connectivity index is 1.38. The summed E-state index contributed by atoms with van der Waals surface area (Å²) in [5.74, 6) is 1.27. The monoisotopic (exact) mass is 482 g/mol. The van der Waals surface area contributed by atoms with E-state index in [1.54, 1.807) is 11.3 Å². The number of anilines is 1. The van der Waals surface area contributed by atoms with Crippen LogP contribution in [-0.2, 0) is 6.54 Å². The molecule has 0 radical (unpaired) electrons. The van der Waals surface area contributed by atoms with E-state index in [9.17, 15) is 5.11 Å². The zero-order valence-corrected chi connectivity index (χ0v) is 21.3. The van der Waals surface area contributed by atoms with Crippen molar-refractivity contribution in [1.29, 1.82) is 0 Å². The highest BCUT2D eigenvalue weighted by molar-refractivity contribution is 7.09. The van der Waals surface area contributed by atoms with Crippen LogP contribution < -0.4 is 5.32 Å². The fourth-order valence-corrected chi connectivity index (χ4v) is 6.37. The number of nitrogens with zero attached hydrogens (tertiary/aromatic N) is 5. The van der Waals surface area contributed by atoms with E-state index in [0.29, 0.717) is 18.0 Å². The molecule has 1 saturated heterocycles. The van der Waals surface area contributed by atoms with Gasteiger partial charge in [0.15, 0.2) is 0 Å². The van der Waals surface area contributed by atoms with Crippen LogP contribution in [0.1, 0.15) is 87.6 Å². The SMILES string of the molecule is CCC[C@H](C)Nc1ncc2c(C3CCN(Cc4cncs4)CC3)cn(C3CCC(O)CC3)c2n1. The lowest BCUT2D eigenvalue weighted by atomic mass is 9.89. The maximum absolute atomic E-state index is 10.1. The molecule has 8 heteroatoms. The van der Waals surface area contributed by atoms with E-state index in [1.165, 1.54) is 15.8 Å². The highest BCUT2D eigenvalue weighted by atomic mass is 32.1. The molecule has 3 aromatic rings. The number of nitrogens with one attached hydrogen (secondary N) is 1. The molecular formula is C26H38N6OS. The third kappa shape index (κ3) is 5.29. The van der Waals surface area contributed by atoms with Crippen LogP contribution in [0.2, 0.25) is 0 Å². The number of rotatable bonds is 8.